The van der Waals surface area contributed by atoms with Gasteiger partial charge in [0.15, 0.2) is 0 Å². The Morgan fingerprint density at radius 1 is 1.12 bits per heavy atom. The number of rotatable bonds is 6. The van der Waals surface area contributed by atoms with Crippen molar-refractivity contribution in [3.8, 4) is 11.3 Å². The zero-order valence-electron chi connectivity index (χ0n) is 17.6. The minimum absolute atomic E-state index is 0.00694. The van der Waals surface area contributed by atoms with Gasteiger partial charge in [-0.3, -0.25) is 9.78 Å². The molecule has 1 aromatic heterocycles. The summed E-state index contributed by atoms with van der Waals surface area (Å²) in [6.45, 7) is 3.08. The summed E-state index contributed by atoms with van der Waals surface area (Å²) < 4.78 is 80.9. The molecule has 5 N–H and O–H groups in total. The number of hydrogen-bond acceptors (Lipinski definition) is 5. The molecule has 1 unspecified atom stereocenters. The van der Waals surface area contributed by atoms with Gasteiger partial charge in [0.05, 0.1) is 11.7 Å². The number of carbonyl (C=O) groups is 1. The van der Waals surface area contributed by atoms with Gasteiger partial charge < -0.3 is 21.6 Å². The van der Waals surface area contributed by atoms with E-state index in [9.17, 15) is 36.2 Å². The van der Waals surface area contributed by atoms with Crippen LogP contribution < -0.4 is 16.5 Å². The van der Waals surface area contributed by atoms with E-state index in [1.54, 1.807) is 6.92 Å². The molecule has 0 fully saturated rings. The average Bonchev–Trinajstić information content (AvgIpc) is 2.71. The summed E-state index contributed by atoms with van der Waals surface area (Å²) in [6.07, 6.45) is -10.9. The summed E-state index contributed by atoms with van der Waals surface area (Å²) in [4.78, 5) is 16.7. The molecule has 0 bridgehead atoms. The van der Waals surface area contributed by atoms with Crippen LogP contribution in [0.25, 0.3) is 11.3 Å². The first-order chi connectivity index (χ1) is 15.1. The maximum atomic E-state index is 13.5. The first kappa shape index (κ1) is 25.9. The zero-order chi connectivity index (χ0) is 25.2. The van der Waals surface area contributed by atoms with E-state index >= 15 is 0 Å². The van der Waals surface area contributed by atoms with Crippen molar-refractivity contribution in [2.24, 2.45) is 10.8 Å². The number of amides is 1. The molecule has 0 aliphatic rings. The van der Waals surface area contributed by atoms with Crippen LogP contribution in [0.4, 0.5) is 26.3 Å². The van der Waals surface area contributed by atoms with Gasteiger partial charge in [-0.1, -0.05) is 6.07 Å². The monoisotopic (exact) mass is 477 g/mol. The Morgan fingerprint density at radius 3 is 2.21 bits per heavy atom. The number of hydrazone groups is 1. The van der Waals surface area contributed by atoms with Crippen molar-refractivity contribution in [3.05, 3.63) is 53.2 Å². The number of nitrogens with one attached hydrogen (secondary N) is 2. The Hall–Kier alpha value is -3.35. The largest absolute Gasteiger partial charge is 0.430 e. The van der Waals surface area contributed by atoms with Crippen LogP contribution >= 0.6 is 0 Å². The van der Waals surface area contributed by atoms with Crippen LogP contribution in [-0.2, 0) is 5.60 Å². The molecule has 180 valence electrons. The summed E-state index contributed by atoms with van der Waals surface area (Å²) >= 11 is 0. The van der Waals surface area contributed by atoms with E-state index in [1.165, 1.54) is 32.3 Å². The molecule has 13 heteroatoms. The maximum absolute atomic E-state index is 13.5. The van der Waals surface area contributed by atoms with Gasteiger partial charge in [-0.05, 0) is 43.7 Å². The van der Waals surface area contributed by atoms with Crippen LogP contribution in [-0.4, -0.2) is 47.3 Å². The second-order valence-electron chi connectivity index (χ2n) is 7.18. The van der Waals surface area contributed by atoms with Crippen molar-refractivity contribution >= 4 is 11.7 Å². The predicted octanol–water partition coefficient (Wildman–Crippen LogP) is 2.98. The second-order valence-corrected chi connectivity index (χ2v) is 7.18. The summed E-state index contributed by atoms with van der Waals surface area (Å²) in [5.74, 6) is -1.14. The number of pyridine rings is 1. The molecule has 0 spiro atoms. The number of aromatic nitrogens is 1. The van der Waals surface area contributed by atoms with Gasteiger partial charge in [0.1, 0.15) is 5.84 Å². The lowest BCUT2D eigenvalue weighted by molar-refractivity contribution is -0.376. The van der Waals surface area contributed by atoms with Crippen LogP contribution in [0.5, 0.6) is 0 Å². The Morgan fingerprint density at radius 2 is 1.73 bits per heavy atom. The Bertz CT molecular complexity index is 1020. The molecule has 1 amide bonds. The molecule has 0 radical (unpaired) electrons. The highest BCUT2D eigenvalue weighted by Gasteiger charge is 2.71. The standard InChI is InChI=1S/C20H21F6N5O2/c1-10-4-5-15(29-9-10)12-6-13(17(32)30-11(2)16(27)31-28-3)8-14(7-12)18(33,19(21,22)23)20(24,25)26/h4-9,11,28,33H,1-3H3,(H2,27,31)(H,30,32). The lowest BCUT2D eigenvalue weighted by Gasteiger charge is -2.33. The number of halogens is 6. The fraction of sp³-hybridized carbons (Fsp3) is 0.350. The smallest absolute Gasteiger partial charge is 0.384 e. The fourth-order valence-corrected chi connectivity index (χ4v) is 2.82. The summed E-state index contributed by atoms with van der Waals surface area (Å²) in [6, 6.07) is 3.85. The van der Waals surface area contributed by atoms with Crippen LogP contribution in [0.3, 0.4) is 0 Å². The van der Waals surface area contributed by atoms with E-state index in [0.29, 0.717) is 17.7 Å². The van der Waals surface area contributed by atoms with Gasteiger partial charge in [-0.15, -0.1) is 0 Å². The van der Waals surface area contributed by atoms with Gasteiger partial charge in [0, 0.05) is 29.9 Å². The third-order valence-corrected chi connectivity index (χ3v) is 4.67. The van der Waals surface area contributed by atoms with Crippen molar-refractivity contribution in [2.45, 2.75) is 37.8 Å². The lowest BCUT2D eigenvalue weighted by Crippen LogP contribution is -2.54. The molecule has 0 aliphatic heterocycles. The average molecular weight is 477 g/mol. The normalized spacial score (nSPS) is 14.1. The van der Waals surface area contributed by atoms with Crippen molar-refractivity contribution in [1.82, 2.24) is 15.7 Å². The number of aliphatic hydroxyl groups is 1. The van der Waals surface area contributed by atoms with Gasteiger partial charge in [0.25, 0.3) is 11.5 Å². The van der Waals surface area contributed by atoms with Crippen molar-refractivity contribution in [1.29, 1.82) is 0 Å². The number of benzene rings is 1. The van der Waals surface area contributed by atoms with E-state index in [-0.39, 0.29) is 17.1 Å². The molecule has 0 aliphatic carbocycles. The third-order valence-electron chi connectivity index (χ3n) is 4.67. The molecule has 0 saturated carbocycles. The van der Waals surface area contributed by atoms with Gasteiger partial charge >= 0.3 is 12.4 Å². The molecule has 1 heterocycles. The Balaban J connectivity index is 2.71. The molecule has 2 rings (SSSR count). The second kappa shape index (κ2) is 9.25. The molecule has 7 nitrogen and oxygen atoms in total. The molecule has 0 saturated heterocycles. The summed E-state index contributed by atoms with van der Waals surface area (Å²) in [5, 5.41) is 15.8. The SMILES string of the molecule is CN/N=C(\N)C(C)NC(=O)c1cc(-c2ccc(C)cn2)cc(C(O)(C(F)(F)F)C(F)(F)F)c1. The van der Waals surface area contributed by atoms with Crippen LogP contribution in [0.1, 0.15) is 28.4 Å². The molecular weight excluding hydrogens is 456 g/mol. The van der Waals surface area contributed by atoms with Crippen LogP contribution in [0.15, 0.2) is 41.6 Å². The number of amidine groups is 1. The van der Waals surface area contributed by atoms with Crippen molar-refractivity contribution in [2.75, 3.05) is 7.05 Å². The number of carbonyl (C=O) groups excluding carboxylic acids is 1. The topological polar surface area (TPSA) is 113 Å². The quantitative estimate of drug-likeness (QED) is 0.221. The van der Waals surface area contributed by atoms with Crippen molar-refractivity contribution < 1.29 is 36.2 Å². The number of nitrogens with zero attached hydrogens (tertiary/aromatic N) is 2. The van der Waals surface area contributed by atoms with Gasteiger partial charge in [0.2, 0.25) is 0 Å². The minimum atomic E-state index is -6.13. The highest BCUT2D eigenvalue weighted by atomic mass is 19.4. The first-order valence-electron chi connectivity index (χ1n) is 9.37. The highest BCUT2D eigenvalue weighted by molar-refractivity contribution is 5.99. The highest BCUT2D eigenvalue weighted by Crippen LogP contribution is 2.50. The minimum Gasteiger partial charge on any atom is -0.384 e. The number of alkyl halides is 6. The molecule has 1 atom stereocenters. The Kier molecular flexibility index (Phi) is 7.27. The number of aryl methyl sites for hydroxylation is 1. The van der Waals surface area contributed by atoms with Gasteiger partial charge in [-0.2, -0.15) is 31.4 Å². The lowest BCUT2D eigenvalue weighted by atomic mass is 9.88. The van der Waals surface area contributed by atoms with Crippen LogP contribution in [0, 0.1) is 6.92 Å². The molecule has 1 aromatic carbocycles. The van der Waals surface area contributed by atoms with E-state index < -0.39 is 41.0 Å². The molecular formula is C20H21F6N5O2. The van der Waals surface area contributed by atoms with Crippen LogP contribution in [0.2, 0.25) is 0 Å². The van der Waals surface area contributed by atoms with E-state index in [2.05, 4.69) is 20.8 Å². The van der Waals surface area contributed by atoms with E-state index in [1.807, 2.05) is 0 Å². The Labute approximate surface area is 184 Å². The van der Waals surface area contributed by atoms with E-state index in [4.69, 9.17) is 5.73 Å². The van der Waals surface area contributed by atoms with Gasteiger partial charge in [-0.25, -0.2) is 0 Å². The molecule has 2 aromatic rings. The predicted molar refractivity (Wildman–Crippen MR) is 108 cm³/mol. The summed E-state index contributed by atoms with van der Waals surface area (Å²) in [7, 11) is 1.43. The first-order valence-corrected chi connectivity index (χ1v) is 9.37. The number of hydrogen-bond donors (Lipinski definition) is 4. The maximum Gasteiger partial charge on any atom is 0.430 e. The molecule has 33 heavy (non-hydrogen) atoms. The summed E-state index contributed by atoms with van der Waals surface area (Å²) in [5.41, 5.74) is 1.05. The number of nitrogens with two attached hydrogens (primary N) is 1. The zero-order valence-corrected chi connectivity index (χ0v) is 17.6. The third kappa shape index (κ3) is 5.35. The van der Waals surface area contributed by atoms with E-state index in [0.717, 1.165) is 6.07 Å². The fourth-order valence-electron chi connectivity index (χ4n) is 2.82. The van der Waals surface area contributed by atoms with Crippen molar-refractivity contribution in [3.63, 3.8) is 0 Å².